The summed E-state index contributed by atoms with van der Waals surface area (Å²) in [5.74, 6) is 2.05. The predicted octanol–water partition coefficient (Wildman–Crippen LogP) is 3.00. The van der Waals surface area contributed by atoms with Crippen molar-refractivity contribution in [2.75, 3.05) is 5.75 Å². The summed E-state index contributed by atoms with van der Waals surface area (Å²) in [6.45, 7) is 5.99. The van der Waals surface area contributed by atoms with Crippen molar-refractivity contribution in [2.24, 2.45) is 5.92 Å². The standard InChI is InChI=1S/C10H13ClN2OS/c1-6(2)5-15-10-8(4-14)9(11)12-7(3)13-10/h4,6H,5H2,1-3H3. The van der Waals surface area contributed by atoms with Gasteiger partial charge in [-0.15, -0.1) is 11.8 Å². The van der Waals surface area contributed by atoms with Crippen LogP contribution in [0.1, 0.15) is 30.0 Å². The van der Waals surface area contributed by atoms with E-state index in [1.165, 1.54) is 0 Å². The second-order valence-corrected chi connectivity index (χ2v) is 4.97. The molecule has 0 aromatic carbocycles. The van der Waals surface area contributed by atoms with Crippen LogP contribution >= 0.6 is 23.4 Å². The summed E-state index contributed by atoms with van der Waals surface area (Å²) in [6, 6.07) is 0. The van der Waals surface area contributed by atoms with Gasteiger partial charge in [0.15, 0.2) is 6.29 Å². The third kappa shape index (κ3) is 3.47. The molecule has 0 atom stereocenters. The molecule has 82 valence electrons. The molecule has 0 fully saturated rings. The Balaban J connectivity index is 2.98. The lowest BCUT2D eigenvalue weighted by atomic mass is 10.3. The Labute approximate surface area is 98.6 Å². The van der Waals surface area contributed by atoms with Gasteiger partial charge in [-0.25, -0.2) is 9.97 Å². The van der Waals surface area contributed by atoms with Crippen molar-refractivity contribution in [1.82, 2.24) is 9.97 Å². The monoisotopic (exact) mass is 244 g/mol. The number of carbonyl (C=O) groups is 1. The maximum Gasteiger partial charge on any atom is 0.155 e. The lowest BCUT2D eigenvalue weighted by molar-refractivity contribution is 0.112. The minimum Gasteiger partial charge on any atom is -0.298 e. The van der Waals surface area contributed by atoms with Crippen LogP contribution in [-0.4, -0.2) is 22.0 Å². The Bertz CT molecular complexity index is 369. The molecule has 1 rings (SSSR count). The second-order valence-electron chi connectivity index (χ2n) is 3.60. The minimum atomic E-state index is 0.240. The minimum absolute atomic E-state index is 0.240. The molecule has 5 heteroatoms. The van der Waals surface area contributed by atoms with Gasteiger partial charge < -0.3 is 0 Å². The van der Waals surface area contributed by atoms with Gasteiger partial charge in [-0.2, -0.15) is 0 Å². The van der Waals surface area contributed by atoms with Crippen LogP contribution in [0.15, 0.2) is 5.03 Å². The summed E-state index contributed by atoms with van der Waals surface area (Å²) >= 11 is 7.40. The van der Waals surface area contributed by atoms with Gasteiger partial charge in [0, 0.05) is 5.75 Å². The number of aromatic nitrogens is 2. The number of carbonyl (C=O) groups excluding carboxylic acids is 1. The van der Waals surface area contributed by atoms with Crippen molar-refractivity contribution in [3.63, 3.8) is 0 Å². The third-order valence-electron chi connectivity index (χ3n) is 1.65. The molecule has 0 saturated carbocycles. The number of nitrogens with zero attached hydrogens (tertiary/aromatic N) is 2. The van der Waals surface area contributed by atoms with Crippen LogP contribution in [0, 0.1) is 12.8 Å². The highest BCUT2D eigenvalue weighted by atomic mass is 35.5. The highest BCUT2D eigenvalue weighted by molar-refractivity contribution is 7.99. The fourth-order valence-corrected chi connectivity index (χ4v) is 2.28. The predicted molar refractivity (Wildman–Crippen MR) is 62.7 cm³/mol. The van der Waals surface area contributed by atoms with Gasteiger partial charge in [-0.1, -0.05) is 25.4 Å². The molecule has 3 nitrogen and oxygen atoms in total. The number of rotatable bonds is 4. The largest absolute Gasteiger partial charge is 0.298 e. The van der Waals surface area contributed by atoms with Gasteiger partial charge >= 0.3 is 0 Å². The van der Waals surface area contributed by atoms with Crippen LogP contribution in [0.2, 0.25) is 5.15 Å². The molecule has 1 aromatic rings. The van der Waals surface area contributed by atoms with Gasteiger partial charge in [0.25, 0.3) is 0 Å². The van der Waals surface area contributed by atoms with Crippen LogP contribution in [-0.2, 0) is 0 Å². The number of thioether (sulfide) groups is 1. The lowest BCUT2D eigenvalue weighted by Gasteiger charge is -2.07. The Morgan fingerprint density at radius 2 is 2.13 bits per heavy atom. The van der Waals surface area contributed by atoms with E-state index in [4.69, 9.17) is 11.6 Å². The first-order chi connectivity index (χ1) is 7.04. The molecule has 0 aliphatic rings. The second kappa shape index (κ2) is 5.47. The van der Waals surface area contributed by atoms with Crippen molar-refractivity contribution >= 4 is 29.6 Å². The molecular formula is C10H13ClN2OS. The zero-order valence-corrected chi connectivity index (χ0v) is 10.5. The van der Waals surface area contributed by atoms with Crippen molar-refractivity contribution in [2.45, 2.75) is 25.8 Å². The van der Waals surface area contributed by atoms with Crippen LogP contribution < -0.4 is 0 Å². The third-order valence-corrected chi connectivity index (χ3v) is 3.35. The van der Waals surface area contributed by atoms with Crippen LogP contribution in [0.5, 0.6) is 0 Å². The molecule has 0 spiro atoms. The van der Waals surface area contributed by atoms with Crippen LogP contribution in [0.3, 0.4) is 0 Å². The normalized spacial score (nSPS) is 10.7. The summed E-state index contributed by atoms with van der Waals surface area (Å²) < 4.78 is 0. The summed E-state index contributed by atoms with van der Waals surface area (Å²) in [5.41, 5.74) is 0.396. The van der Waals surface area contributed by atoms with E-state index in [1.807, 2.05) is 0 Å². The molecule has 0 radical (unpaired) electrons. The van der Waals surface area contributed by atoms with Crippen molar-refractivity contribution in [3.05, 3.63) is 16.5 Å². The van der Waals surface area contributed by atoms with Gasteiger partial charge in [0.1, 0.15) is 16.0 Å². The lowest BCUT2D eigenvalue weighted by Crippen LogP contribution is -2.00. The average Bonchev–Trinajstić information content (AvgIpc) is 2.13. The fourth-order valence-electron chi connectivity index (χ4n) is 0.977. The number of aldehydes is 1. The maximum absolute atomic E-state index is 10.8. The maximum atomic E-state index is 10.8. The Hall–Kier alpha value is -0.610. The van der Waals surface area contributed by atoms with Crippen molar-refractivity contribution in [3.8, 4) is 0 Å². The molecule has 15 heavy (non-hydrogen) atoms. The quantitative estimate of drug-likeness (QED) is 0.464. The van der Waals surface area contributed by atoms with Crippen LogP contribution in [0.25, 0.3) is 0 Å². The summed E-state index contributed by atoms with van der Waals surface area (Å²) in [5, 5.41) is 0.917. The molecule has 0 amide bonds. The highest BCUT2D eigenvalue weighted by Crippen LogP contribution is 2.25. The molecule has 0 saturated heterocycles. The molecule has 0 aliphatic heterocycles. The van der Waals surface area contributed by atoms with E-state index >= 15 is 0 Å². The van der Waals surface area contributed by atoms with E-state index in [2.05, 4.69) is 23.8 Å². The SMILES string of the molecule is Cc1nc(Cl)c(C=O)c(SCC(C)C)n1. The van der Waals surface area contributed by atoms with E-state index in [-0.39, 0.29) is 5.15 Å². The molecule has 1 heterocycles. The molecule has 0 bridgehead atoms. The molecule has 0 N–H and O–H groups in total. The van der Waals surface area contributed by atoms with E-state index in [9.17, 15) is 4.79 Å². The van der Waals surface area contributed by atoms with Crippen LogP contribution in [0.4, 0.5) is 0 Å². The zero-order chi connectivity index (χ0) is 11.4. The van der Waals surface area contributed by atoms with E-state index in [0.717, 1.165) is 5.75 Å². The number of halogens is 1. The topological polar surface area (TPSA) is 42.9 Å². The Morgan fingerprint density at radius 3 is 2.67 bits per heavy atom. The zero-order valence-electron chi connectivity index (χ0n) is 8.95. The van der Waals surface area contributed by atoms with Gasteiger partial charge in [0.05, 0.1) is 5.56 Å². The summed E-state index contributed by atoms with van der Waals surface area (Å²) in [7, 11) is 0. The first kappa shape index (κ1) is 12.5. The number of hydrogen-bond acceptors (Lipinski definition) is 4. The van der Waals surface area contributed by atoms with Crippen molar-refractivity contribution < 1.29 is 4.79 Å². The van der Waals surface area contributed by atoms with E-state index in [1.54, 1.807) is 18.7 Å². The number of aryl methyl sites for hydroxylation is 1. The van der Waals surface area contributed by atoms with Gasteiger partial charge in [0.2, 0.25) is 0 Å². The Kier molecular flexibility index (Phi) is 4.54. The molecule has 0 aliphatic carbocycles. The Morgan fingerprint density at radius 1 is 1.47 bits per heavy atom. The fraction of sp³-hybridized carbons (Fsp3) is 0.500. The van der Waals surface area contributed by atoms with Crippen molar-refractivity contribution in [1.29, 1.82) is 0 Å². The molecule has 0 unspecified atom stereocenters. The van der Waals surface area contributed by atoms with E-state index in [0.29, 0.717) is 28.6 Å². The summed E-state index contributed by atoms with van der Waals surface area (Å²) in [4.78, 5) is 19.0. The highest BCUT2D eigenvalue weighted by Gasteiger charge is 2.11. The van der Waals surface area contributed by atoms with Gasteiger partial charge in [-0.05, 0) is 12.8 Å². The molecular weight excluding hydrogens is 232 g/mol. The smallest absolute Gasteiger partial charge is 0.155 e. The van der Waals surface area contributed by atoms with Gasteiger partial charge in [-0.3, -0.25) is 4.79 Å². The first-order valence-electron chi connectivity index (χ1n) is 4.66. The first-order valence-corrected chi connectivity index (χ1v) is 6.03. The molecule has 1 aromatic heterocycles. The number of hydrogen-bond donors (Lipinski definition) is 0. The average molecular weight is 245 g/mol. The van der Waals surface area contributed by atoms with E-state index < -0.39 is 0 Å². The summed E-state index contributed by atoms with van der Waals surface area (Å²) in [6.07, 6.45) is 0.713.